The van der Waals surface area contributed by atoms with Crippen LogP contribution in [0.5, 0.6) is 0 Å². The Labute approximate surface area is 186 Å². The van der Waals surface area contributed by atoms with E-state index >= 15 is 0 Å². The second-order valence-corrected chi connectivity index (χ2v) is 9.82. The number of nitrogens with one attached hydrogen (secondary N) is 1. The molecule has 1 aliphatic carbocycles. The van der Waals surface area contributed by atoms with Gasteiger partial charge in [0, 0.05) is 49.8 Å². The normalized spacial score (nSPS) is 22.5. The first-order chi connectivity index (χ1) is 14.7. The van der Waals surface area contributed by atoms with Crippen molar-refractivity contribution in [2.24, 2.45) is 18.9 Å². The summed E-state index contributed by atoms with van der Waals surface area (Å²) in [6.07, 6.45) is 1.36. The number of anilines is 1. The number of halogens is 1. The number of rotatable bonds is 3. The van der Waals surface area contributed by atoms with Crippen molar-refractivity contribution < 1.29 is 9.53 Å². The SMILES string of the molecule is Cn1c(-c2cc(N3C[C@@H]4C(NC(=O)OC(C)(C)C)[C@@H]4C3)ncc2Cl)nc2ccccc21. The molecule has 0 spiro atoms. The van der Waals surface area contributed by atoms with Crippen molar-refractivity contribution in [2.45, 2.75) is 32.4 Å². The molecule has 1 aromatic carbocycles. The van der Waals surface area contributed by atoms with Crippen molar-refractivity contribution in [1.82, 2.24) is 19.9 Å². The number of aryl methyl sites for hydroxylation is 1. The van der Waals surface area contributed by atoms with E-state index in [4.69, 9.17) is 21.3 Å². The van der Waals surface area contributed by atoms with Crippen LogP contribution in [0, 0.1) is 11.8 Å². The summed E-state index contributed by atoms with van der Waals surface area (Å²) in [6, 6.07) is 10.2. The standard InChI is InChI=1S/C23H26ClN5O2/c1-23(2,3)31-22(30)27-20-14-11-29(12-15(14)20)19-9-13(16(24)10-25-19)21-26-17-7-5-6-8-18(17)28(21)4/h5-10,14-15,20H,11-12H2,1-4H3,(H,27,30)/t14-,15+,20?. The van der Waals surface area contributed by atoms with Crippen LogP contribution in [0.15, 0.2) is 36.5 Å². The fourth-order valence-electron chi connectivity index (χ4n) is 4.53. The van der Waals surface area contributed by atoms with E-state index in [1.165, 1.54) is 0 Å². The number of para-hydroxylation sites is 2. The summed E-state index contributed by atoms with van der Waals surface area (Å²) in [5, 5.41) is 3.59. The lowest BCUT2D eigenvalue weighted by Crippen LogP contribution is -2.38. The Hall–Kier alpha value is -2.80. The molecule has 1 saturated carbocycles. The molecule has 2 aliphatic rings. The van der Waals surface area contributed by atoms with Crippen LogP contribution in [0.1, 0.15) is 20.8 Å². The molecule has 2 fully saturated rings. The van der Waals surface area contributed by atoms with E-state index in [1.807, 2.05) is 58.2 Å². The zero-order chi connectivity index (χ0) is 21.9. The molecule has 162 valence electrons. The van der Waals surface area contributed by atoms with Crippen LogP contribution in [0.25, 0.3) is 22.4 Å². The van der Waals surface area contributed by atoms with Gasteiger partial charge in [-0.2, -0.15) is 0 Å². The Morgan fingerprint density at radius 3 is 2.61 bits per heavy atom. The van der Waals surface area contributed by atoms with Gasteiger partial charge in [-0.3, -0.25) is 0 Å². The molecule has 8 heteroatoms. The molecule has 31 heavy (non-hydrogen) atoms. The van der Waals surface area contributed by atoms with Crippen LogP contribution in [0.2, 0.25) is 5.02 Å². The number of carbonyl (C=O) groups is 1. The average Bonchev–Trinajstić information content (AvgIpc) is 3.04. The van der Waals surface area contributed by atoms with Crippen molar-refractivity contribution in [3.63, 3.8) is 0 Å². The number of fused-ring (bicyclic) bond motifs is 2. The number of hydrogen-bond donors (Lipinski definition) is 1. The third kappa shape index (κ3) is 3.71. The molecule has 1 aliphatic heterocycles. The maximum absolute atomic E-state index is 12.1. The molecule has 1 unspecified atom stereocenters. The fraction of sp³-hybridized carbons (Fsp3) is 0.435. The molecule has 0 radical (unpaired) electrons. The zero-order valence-corrected chi connectivity index (χ0v) is 18.8. The highest BCUT2D eigenvalue weighted by Gasteiger charge is 2.57. The highest BCUT2D eigenvalue weighted by molar-refractivity contribution is 6.33. The smallest absolute Gasteiger partial charge is 0.407 e. The van der Waals surface area contributed by atoms with Gasteiger partial charge in [-0.25, -0.2) is 14.8 Å². The zero-order valence-electron chi connectivity index (χ0n) is 18.1. The first-order valence-corrected chi connectivity index (χ1v) is 10.9. The van der Waals surface area contributed by atoms with E-state index in [0.29, 0.717) is 16.9 Å². The Morgan fingerprint density at radius 2 is 1.94 bits per heavy atom. The maximum Gasteiger partial charge on any atom is 0.407 e. The van der Waals surface area contributed by atoms with Crippen molar-refractivity contribution in [3.05, 3.63) is 41.6 Å². The molecule has 1 N–H and O–H groups in total. The fourth-order valence-corrected chi connectivity index (χ4v) is 4.72. The molecule has 7 nitrogen and oxygen atoms in total. The predicted octanol–water partition coefficient (Wildman–Crippen LogP) is 4.25. The number of nitrogens with zero attached hydrogens (tertiary/aromatic N) is 4. The second-order valence-electron chi connectivity index (χ2n) is 9.41. The summed E-state index contributed by atoms with van der Waals surface area (Å²) >= 11 is 6.51. The monoisotopic (exact) mass is 439 g/mol. The molecule has 1 saturated heterocycles. The number of hydrogen-bond acceptors (Lipinski definition) is 5. The summed E-state index contributed by atoms with van der Waals surface area (Å²) in [5.74, 6) is 2.55. The molecule has 3 heterocycles. The lowest BCUT2D eigenvalue weighted by atomic mass is 10.2. The first kappa shape index (κ1) is 20.1. The molecule has 0 bridgehead atoms. The quantitative estimate of drug-likeness (QED) is 0.660. The number of benzene rings is 1. The molecule has 5 rings (SSSR count). The summed E-state index contributed by atoms with van der Waals surface area (Å²) in [4.78, 5) is 23.7. The van der Waals surface area contributed by atoms with Crippen molar-refractivity contribution in [3.8, 4) is 11.4 Å². The Morgan fingerprint density at radius 1 is 1.23 bits per heavy atom. The van der Waals surface area contributed by atoms with Crippen LogP contribution in [-0.4, -0.2) is 45.4 Å². The summed E-state index contributed by atoms with van der Waals surface area (Å²) in [6.45, 7) is 7.31. The second kappa shape index (κ2) is 7.12. The van der Waals surface area contributed by atoms with Crippen molar-refractivity contribution >= 4 is 34.5 Å². The molecular weight excluding hydrogens is 414 g/mol. The van der Waals surface area contributed by atoms with Crippen molar-refractivity contribution in [1.29, 1.82) is 0 Å². The number of amides is 1. The van der Waals surface area contributed by atoms with Gasteiger partial charge >= 0.3 is 6.09 Å². The van der Waals surface area contributed by atoms with E-state index in [-0.39, 0.29) is 12.1 Å². The van der Waals surface area contributed by atoms with E-state index < -0.39 is 5.60 Å². The lowest BCUT2D eigenvalue weighted by Gasteiger charge is -2.23. The van der Waals surface area contributed by atoms with Gasteiger partial charge in [0.25, 0.3) is 0 Å². The Kier molecular flexibility index (Phi) is 4.62. The molecular formula is C23H26ClN5O2. The summed E-state index contributed by atoms with van der Waals surface area (Å²) < 4.78 is 7.44. The van der Waals surface area contributed by atoms with Crippen molar-refractivity contribution in [2.75, 3.05) is 18.0 Å². The minimum atomic E-state index is -0.487. The number of alkyl carbamates (subject to hydrolysis) is 1. The van der Waals surface area contributed by atoms with Gasteiger partial charge in [0.1, 0.15) is 17.2 Å². The highest BCUT2D eigenvalue weighted by atomic mass is 35.5. The largest absolute Gasteiger partial charge is 0.444 e. The maximum atomic E-state index is 12.1. The van der Waals surface area contributed by atoms with Gasteiger partial charge in [-0.05, 0) is 39.0 Å². The van der Waals surface area contributed by atoms with Crippen LogP contribution < -0.4 is 10.2 Å². The number of carbonyl (C=O) groups excluding carboxylic acids is 1. The van der Waals surface area contributed by atoms with Gasteiger partial charge in [0.05, 0.1) is 16.1 Å². The minimum absolute atomic E-state index is 0.178. The number of aromatic nitrogens is 3. The van der Waals surface area contributed by atoms with Crippen LogP contribution in [0.4, 0.5) is 10.6 Å². The highest BCUT2D eigenvalue weighted by Crippen LogP contribution is 2.47. The third-order valence-corrected chi connectivity index (χ3v) is 6.37. The lowest BCUT2D eigenvalue weighted by molar-refractivity contribution is 0.0518. The third-order valence-electron chi connectivity index (χ3n) is 6.07. The van der Waals surface area contributed by atoms with Gasteiger partial charge in [-0.1, -0.05) is 23.7 Å². The molecule has 3 atom stereocenters. The van der Waals surface area contributed by atoms with Crippen LogP contribution >= 0.6 is 11.6 Å². The number of imidazole rings is 1. The predicted molar refractivity (Wildman–Crippen MR) is 121 cm³/mol. The average molecular weight is 440 g/mol. The molecule has 3 aromatic rings. The minimum Gasteiger partial charge on any atom is -0.444 e. The summed E-state index contributed by atoms with van der Waals surface area (Å²) in [7, 11) is 2.00. The van der Waals surface area contributed by atoms with Gasteiger partial charge in [-0.15, -0.1) is 0 Å². The molecule has 2 aromatic heterocycles. The van der Waals surface area contributed by atoms with Gasteiger partial charge in [0.2, 0.25) is 0 Å². The van der Waals surface area contributed by atoms with Gasteiger partial charge < -0.3 is 19.5 Å². The first-order valence-electron chi connectivity index (χ1n) is 10.5. The van der Waals surface area contributed by atoms with E-state index in [1.54, 1.807) is 6.20 Å². The van der Waals surface area contributed by atoms with Crippen LogP contribution in [0.3, 0.4) is 0 Å². The van der Waals surface area contributed by atoms with E-state index in [9.17, 15) is 4.79 Å². The van der Waals surface area contributed by atoms with Crippen LogP contribution in [-0.2, 0) is 11.8 Å². The summed E-state index contributed by atoms with van der Waals surface area (Å²) in [5.41, 5.74) is 2.38. The number of pyridine rings is 1. The van der Waals surface area contributed by atoms with E-state index in [0.717, 1.165) is 41.3 Å². The molecule has 1 amide bonds. The number of piperidine rings is 1. The Balaban J connectivity index is 1.31. The van der Waals surface area contributed by atoms with E-state index in [2.05, 4.69) is 19.8 Å². The van der Waals surface area contributed by atoms with Gasteiger partial charge in [0.15, 0.2) is 0 Å². The number of ether oxygens (including phenoxy) is 1. The Bertz CT molecular complexity index is 1160. The topological polar surface area (TPSA) is 72.3 Å².